The summed E-state index contributed by atoms with van der Waals surface area (Å²) >= 11 is 0. The largest absolute Gasteiger partial charge is 0.311 e. The molecular weight excluding hydrogens is 448 g/mol. The number of rotatable bonds is 5. The Morgan fingerprint density at radius 1 is 0.595 bits per heavy atom. The van der Waals surface area contributed by atoms with E-state index in [0.29, 0.717) is 0 Å². The monoisotopic (exact) mass is 479 g/mol. The van der Waals surface area contributed by atoms with Crippen LogP contribution in [0.2, 0.25) is 0 Å². The lowest BCUT2D eigenvalue weighted by Crippen LogP contribution is -2.26. The molecule has 1 aliphatic rings. The van der Waals surface area contributed by atoms with Gasteiger partial charge in [0.1, 0.15) is 7.05 Å². The summed E-state index contributed by atoms with van der Waals surface area (Å²) < 4.78 is 2.35. The minimum atomic E-state index is -0.0845. The first-order valence-electron chi connectivity index (χ1n) is 12.9. The van der Waals surface area contributed by atoms with E-state index in [9.17, 15) is 0 Å². The van der Waals surface area contributed by atoms with Gasteiger partial charge >= 0.3 is 0 Å². The van der Waals surface area contributed by atoms with Gasteiger partial charge in [-0.15, -0.1) is 0 Å². The Bertz CT molecular complexity index is 1590. The van der Waals surface area contributed by atoms with E-state index in [1.165, 1.54) is 33.3 Å². The average Bonchev–Trinajstić information content (AvgIpc) is 3.14. The van der Waals surface area contributed by atoms with E-state index in [1.54, 1.807) is 0 Å². The number of para-hydroxylation sites is 2. The van der Waals surface area contributed by atoms with Gasteiger partial charge in [-0.2, -0.15) is 4.58 Å². The molecule has 5 aromatic carbocycles. The molecule has 1 heterocycles. The molecule has 0 saturated heterocycles. The predicted octanol–water partition coefficient (Wildman–Crippen LogP) is 9.03. The minimum Gasteiger partial charge on any atom is -0.311 e. The highest BCUT2D eigenvalue weighted by molar-refractivity contribution is 6.09. The summed E-state index contributed by atoms with van der Waals surface area (Å²) in [6.45, 7) is 4.67. The zero-order chi connectivity index (χ0) is 25.4. The molecule has 2 nitrogen and oxygen atoms in total. The Morgan fingerprint density at radius 2 is 1.16 bits per heavy atom. The number of benzene rings is 5. The number of hydrogen-bond acceptors (Lipinski definition) is 1. The maximum Gasteiger partial charge on any atom is 0.210 e. The number of nitrogens with zero attached hydrogens (tertiary/aromatic N) is 2. The van der Waals surface area contributed by atoms with Crippen LogP contribution in [0.5, 0.6) is 0 Å². The molecule has 0 amide bonds. The van der Waals surface area contributed by atoms with Crippen LogP contribution in [0.15, 0.2) is 127 Å². The lowest BCUT2D eigenvalue weighted by Gasteiger charge is -2.25. The Balaban J connectivity index is 1.33. The van der Waals surface area contributed by atoms with Gasteiger partial charge in [0.15, 0.2) is 5.71 Å². The van der Waals surface area contributed by atoms with Crippen LogP contribution in [0.4, 0.5) is 22.7 Å². The van der Waals surface area contributed by atoms with Gasteiger partial charge in [-0.25, -0.2) is 0 Å². The second-order valence-electron chi connectivity index (χ2n) is 10.2. The Hall–Kier alpha value is -4.43. The van der Waals surface area contributed by atoms with Crippen molar-refractivity contribution in [2.45, 2.75) is 19.3 Å². The predicted molar refractivity (Wildman–Crippen MR) is 158 cm³/mol. The van der Waals surface area contributed by atoms with E-state index in [-0.39, 0.29) is 5.41 Å². The van der Waals surface area contributed by atoms with Gasteiger partial charge in [0.25, 0.3) is 0 Å². The Kier molecular flexibility index (Phi) is 5.73. The molecule has 0 saturated carbocycles. The maximum atomic E-state index is 2.35. The van der Waals surface area contributed by atoms with Gasteiger partial charge in [-0.3, -0.25) is 0 Å². The highest BCUT2D eigenvalue weighted by atomic mass is 15.1. The number of allylic oxidation sites excluding steroid dienone is 1. The lowest BCUT2D eigenvalue weighted by atomic mass is 9.79. The van der Waals surface area contributed by atoms with Crippen LogP contribution in [-0.4, -0.2) is 17.3 Å². The molecule has 0 radical (unpaired) electrons. The standard InChI is InChI=1S/C35H31N2/c1-35(2)33(36(3)32-24-21-27-12-10-11-17-31(27)34(32)35)25-20-26-18-22-30(23-19-26)37(28-13-6-4-7-14-28)29-15-8-5-9-16-29/h4-25H,1-3H3/q+1. The van der Waals surface area contributed by atoms with Crippen LogP contribution in [0.3, 0.4) is 0 Å². The summed E-state index contributed by atoms with van der Waals surface area (Å²) in [4.78, 5) is 2.29. The van der Waals surface area contributed by atoms with E-state index in [2.05, 4.69) is 164 Å². The molecule has 180 valence electrons. The van der Waals surface area contributed by atoms with Gasteiger partial charge in [0, 0.05) is 34.8 Å². The molecule has 0 aromatic heterocycles. The van der Waals surface area contributed by atoms with Crippen LogP contribution < -0.4 is 4.90 Å². The van der Waals surface area contributed by atoms with Crippen molar-refractivity contribution in [1.29, 1.82) is 0 Å². The van der Waals surface area contributed by atoms with Gasteiger partial charge in [-0.1, -0.05) is 72.8 Å². The van der Waals surface area contributed by atoms with Crippen molar-refractivity contribution in [2.75, 3.05) is 11.9 Å². The second-order valence-corrected chi connectivity index (χ2v) is 10.2. The second kappa shape index (κ2) is 9.22. The fraction of sp³-hybridized carbons (Fsp3) is 0.114. The van der Waals surface area contributed by atoms with Crippen molar-refractivity contribution in [3.05, 3.63) is 139 Å². The van der Waals surface area contributed by atoms with E-state index in [4.69, 9.17) is 0 Å². The molecule has 0 aliphatic carbocycles. The molecule has 0 spiro atoms. The van der Waals surface area contributed by atoms with Crippen LogP contribution in [-0.2, 0) is 5.41 Å². The summed E-state index contributed by atoms with van der Waals surface area (Å²) in [5.41, 5.74) is 8.53. The molecule has 0 fully saturated rings. The van der Waals surface area contributed by atoms with Crippen LogP contribution in [0.25, 0.3) is 16.8 Å². The SMILES string of the molecule is C[N+]1=C(C=Cc2ccc(N(c3ccccc3)c3ccccc3)cc2)C(C)(C)c2c1ccc1ccccc21. The third kappa shape index (κ3) is 4.05. The number of hydrogen-bond donors (Lipinski definition) is 0. The Morgan fingerprint density at radius 3 is 1.81 bits per heavy atom. The molecule has 5 aromatic rings. The van der Waals surface area contributed by atoms with Crippen molar-refractivity contribution in [3.8, 4) is 0 Å². The summed E-state index contributed by atoms with van der Waals surface area (Å²) in [6, 6.07) is 43.1. The minimum absolute atomic E-state index is 0.0845. The van der Waals surface area contributed by atoms with Gasteiger partial charge in [0.2, 0.25) is 5.69 Å². The first kappa shape index (κ1) is 23.0. The summed E-state index contributed by atoms with van der Waals surface area (Å²) in [7, 11) is 2.18. The molecule has 0 bridgehead atoms. The third-order valence-corrected chi connectivity index (χ3v) is 7.51. The van der Waals surface area contributed by atoms with E-state index < -0.39 is 0 Å². The highest BCUT2D eigenvalue weighted by Gasteiger charge is 2.44. The number of anilines is 3. The first-order valence-corrected chi connectivity index (χ1v) is 12.9. The fourth-order valence-electron chi connectivity index (χ4n) is 5.70. The summed E-state index contributed by atoms with van der Waals surface area (Å²) in [6.07, 6.45) is 4.52. The topological polar surface area (TPSA) is 6.25 Å². The molecule has 0 unspecified atom stereocenters. The number of fused-ring (bicyclic) bond motifs is 3. The van der Waals surface area contributed by atoms with Crippen molar-refractivity contribution in [1.82, 2.24) is 0 Å². The molecule has 0 N–H and O–H groups in total. The van der Waals surface area contributed by atoms with Gasteiger partial charge in [0.05, 0.1) is 5.41 Å². The fourth-order valence-corrected chi connectivity index (χ4v) is 5.70. The molecular formula is C35H31N2+. The quantitative estimate of drug-likeness (QED) is 0.228. The zero-order valence-electron chi connectivity index (χ0n) is 21.6. The van der Waals surface area contributed by atoms with E-state index in [1.807, 2.05) is 0 Å². The van der Waals surface area contributed by atoms with Crippen LogP contribution >= 0.6 is 0 Å². The summed E-state index contributed by atoms with van der Waals surface area (Å²) in [5, 5.41) is 2.64. The van der Waals surface area contributed by atoms with Gasteiger partial charge < -0.3 is 4.90 Å². The molecule has 6 rings (SSSR count). The third-order valence-electron chi connectivity index (χ3n) is 7.51. The Labute approximate surface area is 219 Å². The molecule has 37 heavy (non-hydrogen) atoms. The van der Waals surface area contributed by atoms with E-state index >= 15 is 0 Å². The normalized spacial score (nSPS) is 14.4. The van der Waals surface area contributed by atoms with Crippen molar-refractivity contribution >= 4 is 45.3 Å². The molecule has 2 heteroatoms. The summed E-state index contributed by atoms with van der Waals surface area (Å²) in [5.74, 6) is 0. The van der Waals surface area contributed by atoms with Crippen molar-refractivity contribution in [2.24, 2.45) is 0 Å². The van der Waals surface area contributed by atoms with Crippen LogP contribution in [0.1, 0.15) is 25.0 Å². The average molecular weight is 480 g/mol. The zero-order valence-corrected chi connectivity index (χ0v) is 21.6. The van der Waals surface area contributed by atoms with Crippen LogP contribution in [0, 0.1) is 0 Å². The van der Waals surface area contributed by atoms with Crippen molar-refractivity contribution in [3.63, 3.8) is 0 Å². The maximum absolute atomic E-state index is 2.35. The van der Waals surface area contributed by atoms with E-state index in [0.717, 1.165) is 17.1 Å². The van der Waals surface area contributed by atoms with Gasteiger partial charge in [-0.05, 0) is 78.7 Å². The first-order chi connectivity index (χ1) is 18.0. The lowest BCUT2D eigenvalue weighted by molar-refractivity contribution is -0.401. The van der Waals surface area contributed by atoms with Crippen molar-refractivity contribution < 1.29 is 4.58 Å². The smallest absolute Gasteiger partial charge is 0.210 e. The highest BCUT2D eigenvalue weighted by Crippen LogP contribution is 2.43. The molecule has 0 atom stereocenters. The molecule has 1 aliphatic heterocycles.